The van der Waals surface area contributed by atoms with Crippen molar-refractivity contribution in [1.29, 1.82) is 0 Å². The first-order chi connectivity index (χ1) is 12.0. The Kier molecular flexibility index (Phi) is 3.78. The topological polar surface area (TPSA) is 101 Å². The molecule has 3 atom stereocenters. The van der Waals surface area contributed by atoms with Crippen molar-refractivity contribution < 1.29 is 14.7 Å². The first-order valence-corrected chi connectivity index (χ1v) is 8.58. The van der Waals surface area contributed by atoms with Crippen LogP contribution >= 0.6 is 0 Å². The van der Waals surface area contributed by atoms with Crippen molar-refractivity contribution in [3.05, 3.63) is 40.3 Å². The number of hydrogen-bond acceptors (Lipinski definition) is 4. The summed E-state index contributed by atoms with van der Waals surface area (Å²) in [5, 5.41) is 13.7. The number of nitrogens with zero attached hydrogens (tertiary/aromatic N) is 2. The number of carbonyl (C=O) groups is 2. The maximum atomic E-state index is 12.5. The van der Waals surface area contributed by atoms with Gasteiger partial charge in [0.05, 0.1) is 5.39 Å². The molecular weight excluding hydrogens is 322 g/mol. The second kappa shape index (κ2) is 5.98. The van der Waals surface area contributed by atoms with E-state index in [2.05, 4.69) is 10.5 Å². The van der Waals surface area contributed by atoms with Gasteiger partial charge in [0.2, 0.25) is 5.91 Å². The Bertz CT molecular complexity index is 920. The fourth-order valence-electron chi connectivity index (χ4n) is 4.45. The van der Waals surface area contributed by atoms with Gasteiger partial charge in [0.25, 0.3) is 5.56 Å². The van der Waals surface area contributed by atoms with E-state index in [4.69, 9.17) is 0 Å². The number of aromatic carboxylic acids is 1. The predicted octanol–water partition coefficient (Wildman–Crippen LogP) is 1.99. The van der Waals surface area contributed by atoms with Crippen molar-refractivity contribution in [3.8, 4) is 0 Å². The molecule has 1 aromatic carbocycles. The lowest BCUT2D eigenvalue weighted by molar-refractivity contribution is -0.118. The van der Waals surface area contributed by atoms with Gasteiger partial charge in [-0.1, -0.05) is 24.6 Å². The summed E-state index contributed by atoms with van der Waals surface area (Å²) < 4.78 is 0. The minimum Gasteiger partial charge on any atom is -0.476 e. The summed E-state index contributed by atoms with van der Waals surface area (Å²) in [7, 11) is 0. The molecule has 2 N–H and O–H groups in total. The first-order valence-electron chi connectivity index (χ1n) is 8.58. The quantitative estimate of drug-likeness (QED) is 0.885. The minimum absolute atomic E-state index is 0.218. The van der Waals surface area contributed by atoms with E-state index in [0.29, 0.717) is 18.3 Å². The summed E-state index contributed by atoms with van der Waals surface area (Å²) in [6.07, 6.45) is 5.06. The van der Waals surface area contributed by atoms with E-state index in [-0.39, 0.29) is 22.4 Å². The molecule has 2 bridgehead atoms. The van der Waals surface area contributed by atoms with Crippen molar-refractivity contribution in [2.24, 2.45) is 17.8 Å². The van der Waals surface area contributed by atoms with Crippen LogP contribution in [-0.4, -0.2) is 26.9 Å². The number of carboxylic acid groups (broad SMARTS) is 1. The van der Waals surface area contributed by atoms with Gasteiger partial charge in [0.15, 0.2) is 5.69 Å². The Labute approximate surface area is 143 Å². The number of aromatic nitrogens is 2. The van der Waals surface area contributed by atoms with Gasteiger partial charge < -0.3 is 5.11 Å². The van der Waals surface area contributed by atoms with Gasteiger partial charge in [-0.05, 0) is 43.1 Å². The van der Waals surface area contributed by atoms with Gasteiger partial charge in [-0.15, -0.1) is 9.89 Å². The molecule has 0 spiro atoms. The predicted molar refractivity (Wildman–Crippen MR) is 90.9 cm³/mol. The monoisotopic (exact) mass is 341 g/mol. The van der Waals surface area contributed by atoms with Crippen LogP contribution in [-0.2, 0) is 4.79 Å². The number of carboxylic acids is 1. The van der Waals surface area contributed by atoms with Gasteiger partial charge in [-0.25, -0.2) is 10.2 Å². The molecule has 1 heterocycles. The number of hydrogen-bond donors (Lipinski definition) is 2. The molecule has 7 heteroatoms. The highest BCUT2D eigenvalue weighted by Crippen LogP contribution is 2.49. The van der Waals surface area contributed by atoms with Crippen LogP contribution in [0.3, 0.4) is 0 Å². The highest BCUT2D eigenvalue weighted by molar-refractivity contribution is 6.01. The highest BCUT2D eigenvalue weighted by Gasteiger charge is 2.40. The van der Waals surface area contributed by atoms with Crippen LogP contribution in [0.25, 0.3) is 10.8 Å². The molecule has 1 aromatic heterocycles. The van der Waals surface area contributed by atoms with Gasteiger partial charge in [0.1, 0.15) is 0 Å². The van der Waals surface area contributed by atoms with Crippen LogP contribution in [0, 0.1) is 17.8 Å². The fraction of sp³-hybridized carbons (Fsp3) is 0.444. The van der Waals surface area contributed by atoms with Crippen LogP contribution in [0.15, 0.2) is 29.1 Å². The van der Waals surface area contributed by atoms with Gasteiger partial charge in [-0.3, -0.25) is 9.59 Å². The van der Waals surface area contributed by atoms with Crippen molar-refractivity contribution in [3.63, 3.8) is 0 Å². The molecule has 3 unspecified atom stereocenters. The molecule has 2 fully saturated rings. The molecule has 4 rings (SSSR count). The lowest BCUT2D eigenvalue weighted by Gasteiger charge is -2.21. The highest BCUT2D eigenvalue weighted by atomic mass is 16.4. The summed E-state index contributed by atoms with van der Waals surface area (Å²) in [4.78, 5) is 37.1. The molecule has 25 heavy (non-hydrogen) atoms. The maximum Gasteiger partial charge on any atom is 0.357 e. The summed E-state index contributed by atoms with van der Waals surface area (Å²) >= 11 is 0. The Balaban J connectivity index is 1.60. The Morgan fingerprint density at radius 2 is 1.96 bits per heavy atom. The molecule has 1 amide bonds. The zero-order valence-electron chi connectivity index (χ0n) is 13.6. The molecular formula is C18H19N3O4. The number of amides is 1. The molecule has 0 aliphatic heterocycles. The number of nitrogens with one attached hydrogen (secondary N) is 1. The van der Waals surface area contributed by atoms with E-state index in [0.717, 1.165) is 17.1 Å². The number of rotatable bonds is 4. The van der Waals surface area contributed by atoms with E-state index in [1.807, 2.05) is 0 Å². The Hall–Kier alpha value is -2.70. The van der Waals surface area contributed by atoms with Crippen molar-refractivity contribution in [1.82, 2.24) is 9.89 Å². The van der Waals surface area contributed by atoms with Gasteiger partial charge in [0, 0.05) is 11.8 Å². The van der Waals surface area contributed by atoms with E-state index < -0.39 is 11.5 Å². The number of carbonyl (C=O) groups excluding carboxylic acids is 1. The van der Waals surface area contributed by atoms with Crippen molar-refractivity contribution in [2.75, 3.05) is 5.43 Å². The second-order valence-electron chi connectivity index (χ2n) is 7.09. The van der Waals surface area contributed by atoms with Crippen LogP contribution in [0.5, 0.6) is 0 Å². The molecule has 2 saturated carbocycles. The maximum absolute atomic E-state index is 12.5. The van der Waals surface area contributed by atoms with E-state index in [1.165, 1.54) is 31.4 Å². The van der Waals surface area contributed by atoms with Crippen molar-refractivity contribution in [2.45, 2.75) is 32.1 Å². The molecule has 2 aliphatic carbocycles. The van der Waals surface area contributed by atoms with E-state index >= 15 is 0 Å². The smallest absolute Gasteiger partial charge is 0.357 e. The average Bonchev–Trinajstić information content (AvgIpc) is 3.20. The second-order valence-corrected chi connectivity index (χ2v) is 7.09. The third-order valence-electron chi connectivity index (χ3n) is 5.57. The summed E-state index contributed by atoms with van der Waals surface area (Å²) in [5.74, 6) is 0.162. The normalized spacial score (nSPS) is 24.6. The molecule has 130 valence electrons. The van der Waals surface area contributed by atoms with Crippen molar-refractivity contribution >= 4 is 22.6 Å². The number of fused-ring (bicyclic) bond motifs is 3. The molecule has 2 aromatic rings. The minimum atomic E-state index is -1.24. The van der Waals surface area contributed by atoms with E-state index in [9.17, 15) is 19.5 Å². The summed E-state index contributed by atoms with van der Waals surface area (Å²) in [6, 6.07) is 6.36. The fourth-order valence-corrected chi connectivity index (χ4v) is 4.45. The zero-order valence-corrected chi connectivity index (χ0v) is 13.6. The molecule has 0 saturated heterocycles. The number of benzene rings is 1. The summed E-state index contributed by atoms with van der Waals surface area (Å²) in [5.41, 5.74) is 1.69. The van der Waals surface area contributed by atoms with Crippen LogP contribution in [0.2, 0.25) is 0 Å². The summed E-state index contributed by atoms with van der Waals surface area (Å²) in [6.45, 7) is 0. The first kappa shape index (κ1) is 15.8. The lowest BCUT2D eigenvalue weighted by Crippen LogP contribution is -2.37. The van der Waals surface area contributed by atoms with Gasteiger partial charge >= 0.3 is 5.97 Å². The van der Waals surface area contributed by atoms with Crippen LogP contribution in [0.4, 0.5) is 0 Å². The standard InChI is InChI=1S/C18H19N3O4/c22-15(9-12-8-10-5-6-11(12)7-10)19-21-17(23)14-4-2-1-3-13(14)16(20-21)18(24)25/h1-4,10-12H,5-9H2,(H,19,22)(H,24,25). The zero-order chi connectivity index (χ0) is 17.6. The Morgan fingerprint density at radius 3 is 2.60 bits per heavy atom. The molecule has 0 radical (unpaired) electrons. The average molecular weight is 341 g/mol. The lowest BCUT2D eigenvalue weighted by atomic mass is 9.86. The Morgan fingerprint density at radius 1 is 1.20 bits per heavy atom. The van der Waals surface area contributed by atoms with E-state index in [1.54, 1.807) is 12.1 Å². The third-order valence-corrected chi connectivity index (χ3v) is 5.57. The molecule has 7 nitrogen and oxygen atoms in total. The molecule has 2 aliphatic rings. The van der Waals surface area contributed by atoms with Crippen LogP contribution < -0.4 is 11.0 Å². The third kappa shape index (κ3) is 2.79. The van der Waals surface area contributed by atoms with Crippen LogP contribution in [0.1, 0.15) is 42.6 Å². The SMILES string of the molecule is O=C(CC1CC2CCC1C2)Nn1nc(C(=O)O)c2ccccc2c1=O. The van der Waals surface area contributed by atoms with Gasteiger partial charge in [-0.2, -0.15) is 0 Å². The largest absolute Gasteiger partial charge is 0.476 e.